The van der Waals surface area contributed by atoms with Crippen molar-refractivity contribution in [3.63, 3.8) is 0 Å². The molecule has 9 heteroatoms. The van der Waals surface area contributed by atoms with E-state index < -0.39 is 17.3 Å². The van der Waals surface area contributed by atoms with E-state index in [0.29, 0.717) is 12.1 Å². The van der Waals surface area contributed by atoms with Crippen LogP contribution in [0.3, 0.4) is 0 Å². The average molecular weight is 360 g/mol. The first-order chi connectivity index (χ1) is 12.3. The second kappa shape index (κ2) is 8.15. The lowest BCUT2D eigenvalue weighted by Gasteiger charge is -2.18. The summed E-state index contributed by atoms with van der Waals surface area (Å²) in [6.07, 6.45) is 1.37. The number of carbonyl (C=O) groups is 2. The van der Waals surface area contributed by atoms with Gasteiger partial charge >= 0.3 is 5.69 Å². The number of phenols is 1. The highest BCUT2D eigenvalue weighted by molar-refractivity contribution is 5.87. The van der Waals surface area contributed by atoms with Crippen LogP contribution in [0.1, 0.15) is 19.4 Å². The Labute approximate surface area is 148 Å². The third-order valence-electron chi connectivity index (χ3n) is 3.66. The van der Waals surface area contributed by atoms with Gasteiger partial charge in [-0.25, -0.2) is 4.79 Å². The quantitative estimate of drug-likeness (QED) is 0.477. The largest absolute Gasteiger partial charge is 0.507 e. The van der Waals surface area contributed by atoms with E-state index in [1.807, 2.05) is 0 Å². The summed E-state index contributed by atoms with van der Waals surface area (Å²) >= 11 is 0. The normalized spacial score (nSPS) is 11.6. The van der Waals surface area contributed by atoms with Crippen LogP contribution in [0.2, 0.25) is 0 Å². The first-order valence-electron chi connectivity index (χ1n) is 8.01. The number of H-pyrrole nitrogens is 2. The van der Waals surface area contributed by atoms with Crippen molar-refractivity contribution in [1.82, 2.24) is 20.6 Å². The number of aromatic amines is 2. The van der Waals surface area contributed by atoms with Gasteiger partial charge < -0.3 is 20.7 Å². The van der Waals surface area contributed by atoms with E-state index in [1.54, 1.807) is 13.0 Å². The smallest absolute Gasteiger partial charge is 0.325 e. The van der Waals surface area contributed by atoms with Crippen LogP contribution >= 0.6 is 0 Å². The van der Waals surface area contributed by atoms with Gasteiger partial charge in [-0.05, 0) is 24.6 Å². The average Bonchev–Trinajstić information content (AvgIpc) is 2.56. The molecule has 0 saturated heterocycles. The molecule has 2 amide bonds. The maximum atomic E-state index is 12.1. The topological polar surface area (TPSA) is 144 Å². The summed E-state index contributed by atoms with van der Waals surface area (Å²) in [5.74, 6) is -0.836. The van der Waals surface area contributed by atoms with E-state index >= 15 is 0 Å². The number of benzene rings is 1. The fraction of sp³-hybridized carbons (Fsp3) is 0.294. The van der Waals surface area contributed by atoms with E-state index in [0.717, 1.165) is 0 Å². The van der Waals surface area contributed by atoms with E-state index in [-0.39, 0.29) is 35.1 Å². The molecule has 0 aliphatic heterocycles. The summed E-state index contributed by atoms with van der Waals surface area (Å²) < 4.78 is 0. The van der Waals surface area contributed by atoms with Gasteiger partial charge in [0.15, 0.2) is 0 Å². The monoisotopic (exact) mass is 360 g/mol. The molecule has 2 aromatic rings. The maximum Gasteiger partial charge on any atom is 0.325 e. The zero-order chi connectivity index (χ0) is 19.3. The predicted molar refractivity (Wildman–Crippen MR) is 94.8 cm³/mol. The molecule has 1 aromatic carbocycles. The van der Waals surface area contributed by atoms with Gasteiger partial charge in [-0.15, -0.1) is 0 Å². The minimum atomic E-state index is -0.793. The third kappa shape index (κ3) is 4.59. The molecule has 0 aliphatic rings. The van der Waals surface area contributed by atoms with Gasteiger partial charge in [-0.2, -0.15) is 0 Å². The number of aromatic nitrogens is 2. The Balaban J connectivity index is 2.38. The Kier molecular flexibility index (Phi) is 5.94. The van der Waals surface area contributed by atoms with E-state index in [4.69, 9.17) is 0 Å². The molecule has 0 aliphatic carbocycles. The minimum Gasteiger partial charge on any atom is -0.507 e. The highest BCUT2D eigenvalue weighted by atomic mass is 16.3. The molecule has 138 valence electrons. The van der Waals surface area contributed by atoms with Crippen LogP contribution in [0.25, 0.3) is 11.1 Å². The predicted octanol–water partition coefficient (Wildman–Crippen LogP) is -0.381. The fourth-order valence-corrected chi connectivity index (χ4v) is 2.52. The van der Waals surface area contributed by atoms with E-state index in [1.165, 1.54) is 25.3 Å². The van der Waals surface area contributed by atoms with E-state index in [2.05, 4.69) is 20.6 Å². The second-order valence-corrected chi connectivity index (χ2v) is 5.69. The maximum absolute atomic E-state index is 12.1. The lowest BCUT2D eigenvalue weighted by atomic mass is 9.99. The van der Waals surface area contributed by atoms with Crippen molar-refractivity contribution in [2.75, 3.05) is 6.54 Å². The zero-order valence-corrected chi connectivity index (χ0v) is 14.4. The first kappa shape index (κ1) is 19.0. The van der Waals surface area contributed by atoms with Gasteiger partial charge in [0.2, 0.25) is 11.8 Å². The molecule has 1 atom stereocenters. The molecule has 5 N–H and O–H groups in total. The SMILES string of the molecule is CCNC(=O)C(Cc1ccc(O)c(-c2c[nH]c(=O)[nH]c2=O)c1)NC(C)=O. The number of hydrogen-bond acceptors (Lipinski definition) is 5. The van der Waals surface area contributed by atoms with Crippen molar-refractivity contribution < 1.29 is 14.7 Å². The molecule has 9 nitrogen and oxygen atoms in total. The van der Waals surface area contributed by atoms with Crippen molar-refractivity contribution >= 4 is 11.8 Å². The van der Waals surface area contributed by atoms with Gasteiger partial charge in [0.05, 0.1) is 5.56 Å². The number of amides is 2. The van der Waals surface area contributed by atoms with Gasteiger partial charge in [0.1, 0.15) is 11.8 Å². The minimum absolute atomic E-state index is 0.0815. The van der Waals surface area contributed by atoms with Crippen molar-refractivity contribution in [2.45, 2.75) is 26.3 Å². The van der Waals surface area contributed by atoms with Crippen molar-refractivity contribution in [3.05, 3.63) is 50.8 Å². The molecule has 0 bridgehead atoms. The lowest BCUT2D eigenvalue weighted by molar-refractivity contribution is -0.128. The molecule has 1 heterocycles. The van der Waals surface area contributed by atoms with Crippen LogP contribution in [-0.4, -0.2) is 39.5 Å². The summed E-state index contributed by atoms with van der Waals surface area (Å²) in [6.45, 7) is 3.50. The van der Waals surface area contributed by atoms with E-state index in [9.17, 15) is 24.3 Å². The highest BCUT2D eigenvalue weighted by Gasteiger charge is 2.20. The van der Waals surface area contributed by atoms with Gasteiger partial charge in [-0.1, -0.05) is 6.07 Å². The Morgan fingerprint density at radius 2 is 1.96 bits per heavy atom. The van der Waals surface area contributed by atoms with Gasteiger partial charge in [0.25, 0.3) is 5.56 Å². The number of rotatable bonds is 6. The molecule has 0 radical (unpaired) electrons. The Morgan fingerprint density at radius 1 is 1.23 bits per heavy atom. The molecular weight excluding hydrogens is 340 g/mol. The summed E-state index contributed by atoms with van der Waals surface area (Å²) in [5, 5.41) is 15.3. The zero-order valence-electron chi connectivity index (χ0n) is 14.4. The summed E-state index contributed by atoms with van der Waals surface area (Å²) in [7, 11) is 0. The molecule has 0 saturated carbocycles. The molecular formula is C17H20N4O5. The van der Waals surface area contributed by atoms with Crippen LogP contribution in [-0.2, 0) is 16.0 Å². The third-order valence-corrected chi connectivity index (χ3v) is 3.66. The van der Waals surface area contributed by atoms with Crippen LogP contribution in [0.4, 0.5) is 0 Å². The molecule has 1 unspecified atom stereocenters. The second-order valence-electron chi connectivity index (χ2n) is 5.69. The summed E-state index contributed by atoms with van der Waals surface area (Å²) in [6, 6.07) is 3.72. The standard InChI is InChI=1S/C17H20N4O5/c1-3-18-16(25)13(20-9(2)22)7-10-4-5-14(23)11(6-10)12-8-19-17(26)21-15(12)24/h4-6,8,13,23H,3,7H2,1-2H3,(H,18,25)(H,20,22)(H2,19,21,24,26). The molecule has 0 fully saturated rings. The molecule has 0 spiro atoms. The number of carbonyl (C=O) groups excluding carboxylic acids is 2. The summed E-state index contributed by atoms with van der Waals surface area (Å²) in [4.78, 5) is 51.0. The Bertz CT molecular complexity index is 931. The van der Waals surface area contributed by atoms with Crippen LogP contribution in [0.5, 0.6) is 5.75 Å². The number of likely N-dealkylation sites (N-methyl/N-ethyl adjacent to an activating group) is 1. The Morgan fingerprint density at radius 3 is 2.58 bits per heavy atom. The van der Waals surface area contributed by atoms with Crippen molar-refractivity contribution in [2.24, 2.45) is 0 Å². The molecule has 1 aromatic heterocycles. The van der Waals surface area contributed by atoms with Gasteiger partial charge in [-0.3, -0.25) is 19.4 Å². The lowest BCUT2D eigenvalue weighted by Crippen LogP contribution is -2.47. The molecule has 2 rings (SSSR count). The van der Waals surface area contributed by atoms with Crippen LogP contribution in [0, 0.1) is 0 Å². The van der Waals surface area contributed by atoms with Crippen LogP contribution < -0.4 is 21.9 Å². The van der Waals surface area contributed by atoms with Crippen molar-refractivity contribution in [3.8, 4) is 16.9 Å². The van der Waals surface area contributed by atoms with Gasteiger partial charge in [0, 0.05) is 31.6 Å². The number of phenolic OH excluding ortho intramolecular Hbond substituents is 1. The van der Waals surface area contributed by atoms with Crippen LogP contribution in [0.15, 0.2) is 34.0 Å². The first-order valence-corrected chi connectivity index (χ1v) is 8.01. The number of hydrogen-bond donors (Lipinski definition) is 5. The summed E-state index contributed by atoms with van der Waals surface area (Å²) in [5.41, 5.74) is -0.399. The highest BCUT2D eigenvalue weighted by Crippen LogP contribution is 2.27. The number of nitrogens with one attached hydrogen (secondary N) is 4. The Hall–Kier alpha value is -3.36. The number of aromatic hydroxyl groups is 1. The fourth-order valence-electron chi connectivity index (χ4n) is 2.52. The van der Waals surface area contributed by atoms with Crippen molar-refractivity contribution in [1.29, 1.82) is 0 Å². The molecule has 26 heavy (non-hydrogen) atoms.